The van der Waals surface area contributed by atoms with Gasteiger partial charge in [0, 0.05) is 18.3 Å². The van der Waals surface area contributed by atoms with E-state index >= 15 is 0 Å². The number of aliphatic imine (C=N–C) groups is 1. The van der Waals surface area contributed by atoms with E-state index in [0.29, 0.717) is 11.3 Å². The van der Waals surface area contributed by atoms with Gasteiger partial charge in [-0.05, 0) is 31.2 Å². The predicted molar refractivity (Wildman–Crippen MR) is 125 cm³/mol. The number of benzene rings is 1. The topological polar surface area (TPSA) is 41.5 Å². The van der Waals surface area contributed by atoms with E-state index in [0.717, 1.165) is 17.5 Å². The molecule has 3 nitrogen and oxygen atoms in total. The lowest BCUT2D eigenvalue weighted by molar-refractivity contribution is -0.0979. The molecule has 1 rings (SSSR count). The van der Waals surface area contributed by atoms with Gasteiger partial charge in [-0.3, -0.25) is 4.99 Å². The van der Waals surface area contributed by atoms with Crippen LogP contribution in [0.15, 0.2) is 35.3 Å². The molecule has 3 unspecified atom stereocenters. The molecule has 0 spiro atoms. The Morgan fingerprint density at radius 1 is 1.11 bits per heavy atom. The molecule has 0 fully saturated rings. The Hall–Kier alpha value is -1.29. The van der Waals surface area contributed by atoms with E-state index in [1.807, 2.05) is 39.4 Å². The maximum atomic E-state index is 8.00. The minimum atomic E-state index is 0.414. The highest BCUT2D eigenvalue weighted by Crippen LogP contribution is 2.29. The van der Waals surface area contributed by atoms with Crippen LogP contribution >= 0.6 is 11.8 Å². The largest absolute Gasteiger partial charge is 0.362 e. The molecule has 0 aliphatic carbocycles. The quantitative estimate of drug-likeness (QED) is 0.366. The molecule has 156 valence electrons. The van der Waals surface area contributed by atoms with Gasteiger partial charge in [-0.1, -0.05) is 96.0 Å². The molecule has 0 amide bonds. The van der Waals surface area contributed by atoms with Crippen LogP contribution in [0.2, 0.25) is 0 Å². The third-order valence-electron chi connectivity index (χ3n) is 4.47. The Balaban J connectivity index is 0. The average molecular weight is 395 g/mol. The fourth-order valence-electron chi connectivity index (χ4n) is 2.91. The third-order valence-corrected chi connectivity index (χ3v) is 5.62. The van der Waals surface area contributed by atoms with Crippen molar-refractivity contribution in [1.82, 2.24) is 5.32 Å². The minimum Gasteiger partial charge on any atom is -0.362 e. The summed E-state index contributed by atoms with van der Waals surface area (Å²) in [4.78, 5) is 12.5. The normalized spacial score (nSPS) is 14.0. The number of nitrogens with zero attached hydrogens (tertiary/aromatic N) is 1. The van der Waals surface area contributed by atoms with Crippen molar-refractivity contribution in [2.75, 3.05) is 7.05 Å². The number of hydrogen-bond donors (Lipinski definition) is 1. The fourth-order valence-corrected chi connectivity index (χ4v) is 3.88. The molecule has 0 aliphatic heterocycles. The minimum absolute atomic E-state index is 0.414. The highest BCUT2D eigenvalue weighted by molar-refractivity contribution is 8.14. The maximum absolute atomic E-state index is 8.00. The summed E-state index contributed by atoms with van der Waals surface area (Å²) in [7, 11) is 1.89. The summed E-state index contributed by atoms with van der Waals surface area (Å²) in [5, 5.41) is 5.17. The maximum Gasteiger partial charge on any atom is 0.157 e. The second-order valence-corrected chi connectivity index (χ2v) is 7.58. The van der Waals surface area contributed by atoms with E-state index in [1.165, 1.54) is 31.2 Å². The van der Waals surface area contributed by atoms with Gasteiger partial charge >= 0.3 is 0 Å². The highest BCUT2D eigenvalue weighted by Gasteiger charge is 2.17. The van der Waals surface area contributed by atoms with Gasteiger partial charge in [-0.2, -0.15) is 0 Å². The van der Waals surface area contributed by atoms with Gasteiger partial charge < -0.3 is 10.1 Å². The number of carbonyl (C=O) groups excluding carboxylic acids is 1. The van der Waals surface area contributed by atoms with E-state index in [2.05, 4.69) is 68.3 Å². The second-order valence-electron chi connectivity index (χ2n) is 6.25. The van der Waals surface area contributed by atoms with Crippen LogP contribution in [0.25, 0.3) is 0 Å². The molecule has 1 N–H and O–H groups in total. The van der Waals surface area contributed by atoms with E-state index in [4.69, 9.17) is 4.79 Å². The molecule has 3 atom stereocenters. The van der Waals surface area contributed by atoms with Crippen LogP contribution in [0.5, 0.6) is 0 Å². The standard InChI is InChI=1S/C20H34N2S.C2H6.CH2O/c1-6-12-17(7-2)15-19(8-3)22-20(21-5)23-16(4)18-13-10-9-11-14-18;2*1-2/h9-11,13-14,16-17,19H,6-8,12,15H2,1-5H3,(H,21,22);1-2H3;1H2. The summed E-state index contributed by atoms with van der Waals surface area (Å²) in [6.07, 6.45) is 6.29. The summed E-state index contributed by atoms with van der Waals surface area (Å²) in [6.45, 7) is 15.1. The van der Waals surface area contributed by atoms with Gasteiger partial charge in [0.1, 0.15) is 6.79 Å². The van der Waals surface area contributed by atoms with Gasteiger partial charge in [0.05, 0.1) is 0 Å². The van der Waals surface area contributed by atoms with Crippen molar-refractivity contribution >= 4 is 23.7 Å². The summed E-state index contributed by atoms with van der Waals surface area (Å²) < 4.78 is 0. The van der Waals surface area contributed by atoms with Crippen LogP contribution in [0.3, 0.4) is 0 Å². The first kappa shape index (κ1) is 27.9. The molecule has 0 aliphatic rings. The van der Waals surface area contributed by atoms with Crippen molar-refractivity contribution in [2.45, 2.75) is 84.9 Å². The zero-order chi connectivity index (χ0) is 21.1. The van der Waals surface area contributed by atoms with Crippen molar-refractivity contribution in [2.24, 2.45) is 10.9 Å². The fraction of sp³-hybridized carbons (Fsp3) is 0.652. The zero-order valence-electron chi connectivity index (χ0n) is 18.6. The monoisotopic (exact) mass is 394 g/mol. The molecular formula is C23H42N2OS. The highest BCUT2D eigenvalue weighted by atomic mass is 32.2. The molecule has 0 bridgehead atoms. The molecule has 0 saturated carbocycles. The van der Waals surface area contributed by atoms with Crippen LogP contribution in [-0.2, 0) is 4.79 Å². The molecule has 1 aromatic carbocycles. The van der Waals surface area contributed by atoms with Gasteiger partial charge in [0.15, 0.2) is 5.17 Å². The SMILES string of the molecule is C=O.CC.CCCC(CC)CC(CC)NC(=NC)SC(C)c1ccccc1. The Morgan fingerprint density at radius 2 is 1.70 bits per heavy atom. The number of rotatable bonds is 9. The Morgan fingerprint density at radius 3 is 2.15 bits per heavy atom. The van der Waals surface area contributed by atoms with E-state index in [-0.39, 0.29) is 0 Å². The molecule has 27 heavy (non-hydrogen) atoms. The average Bonchev–Trinajstić information content (AvgIpc) is 2.75. The zero-order valence-corrected chi connectivity index (χ0v) is 19.4. The lowest BCUT2D eigenvalue weighted by Crippen LogP contribution is -2.34. The molecule has 4 heteroatoms. The molecular weight excluding hydrogens is 352 g/mol. The van der Waals surface area contributed by atoms with Gasteiger partial charge in [-0.25, -0.2) is 0 Å². The summed E-state index contributed by atoms with van der Waals surface area (Å²) in [5.74, 6) is 0.826. The van der Waals surface area contributed by atoms with Crippen molar-refractivity contribution in [3.63, 3.8) is 0 Å². The number of amidine groups is 1. The van der Waals surface area contributed by atoms with Crippen LogP contribution < -0.4 is 5.32 Å². The lowest BCUT2D eigenvalue weighted by atomic mass is 9.92. The first-order chi connectivity index (χ1) is 13.1. The van der Waals surface area contributed by atoms with Crippen LogP contribution in [0.4, 0.5) is 0 Å². The van der Waals surface area contributed by atoms with Crippen molar-refractivity contribution in [1.29, 1.82) is 0 Å². The number of carbonyl (C=O) groups is 1. The van der Waals surface area contributed by atoms with Crippen molar-refractivity contribution in [3.05, 3.63) is 35.9 Å². The van der Waals surface area contributed by atoms with E-state index in [1.54, 1.807) is 0 Å². The number of thioether (sulfide) groups is 1. The first-order valence-corrected chi connectivity index (χ1v) is 11.3. The van der Waals surface area contributed by atoms with Gasteiger partial charge in [-0.15, -0.1) is 0 Å². The number of hydrogen-bond acceptors (Lipinski definition) is 3. The van der Waals surface area contributed by atoms with E-state index < -0.39 is 0 Å². The Labute approximate surface area is 172 Å². The van der Waals surface area contributed by atoms with Crippen LogP contribution in [0, 0.1) is 5.92 Å². The van der Waals surface area contributed by atoms with E-state index in [9.17, 15) is 0 Å². The van der Waals surface area contributed by atoms with Crippen molar-refractivity contribution in [3.8, 4) is 0 Å². The molecule has 0 aromatic heterocycles. The molecule has 0 radical (unpaired) electrons. The predicted octanol–water partition coefficient (Wildman–Crippen LogP) is 6.89. The Bertz CT molecular complexity index is 465. The van der Waals surface area contributed by atoms with Crippen LogP contribution in [0.1, 0.15) is 84.5 Å². The van der Waals surface area contributed by atoms with Gasteiger partial charge in [0.2, 0.25) is 0 Å². The first-order valence-electron chi connectivity index (χ1n) is 10.4. The van der Waals surface area contributed by atoms with Crippen LogP contribution in [-0.4, -0.2) is 25.0 Å². The lowest BCUT2D eigenvalue weighted by Gasteiger charge is -2.25. The molecule has 1 aromatic rings. The Kier molecular flexibility index (Phi) is 20.1. The molecule has 0 saturated heterocycles. The molecule has 0 heterocycles. The number of nitrogens with one attached hydrogen (secondary N) is 1. The smallest absolute Gasteiger partial charge is 0.157 e. The van der Waals surface area contributed by atoms with Crippen molar-refractivity contribution < 1.29 is 4.79 Å². The second kappa shape index (κ2) is 19.5. The summed E-state index contributed by atoms with van der Waals surface area (Å²) in [5.41, 5.74) is 1.35. The summed E-state index contributed by atoms with van der Waals surface area (Å²) >= 11 is 1.83. The summed E-state index contributed by atoms with van der Waals surface area (Å²) in [6, 6.07) is 11.2. The third kappa shape index (κ3) is 12.7. The van der Waals surface area contributed by atoms with Gasteiger partial charge in [0.25, 0.3) is 0 Å².